The fourth-order valence-corrected chi connectivity index (χ4v) is 9.40. The van der Waals surface area contributed by atoms with E-state index >= 15 is 0 Å². The van der Waals surface area contributed by atoms with E-state index in [-0.39, 0.29) is 0 Å². The number of rotatable bonds is 5. The lowest BCUT2D eigenvalue weighted by atomic mass is 9.99. The lowest BCUT2D eigenvalue weighted by Crippen LogP contribution is -2.07. The fourth-order valence-electron chi connectivity index (χ4n) is 9.40. The zero-order valence-electron chi connectivity index (χ0n) is 35.3. The van der Waals surface area contributed by atoms with Gasteiger partial charge in [0.2, 0.25) is 5.95 Å². The van der Waals surface area contributed by atoms with Crippen molar-refractivity contribution in [1.29, 1.82) is 0 Å². The number of benzene rings is 10. The molecule has 0 bridgehead atoms. The van der Waals surface area contributed by atoms with E-state index in [4.69, 9.17) is 19.4 Å². The highest BCUT2D eigenvalue weighted by Gasteiger charge is 2.22. The predicted octanol–water partition coefficient (Wildman–Crippen LogP) is 16.0. The molecule has 0 fully saturated rings. The lowest BCUT2D eigenvalue weighted by molar-refractivity contribution is 0.669. The minimum atomic E-state index is 0.546. The Morgan fingerprint density at radius 1 is 0.359 bits per heavy atom. The van der Waals surface area contributed by atoms with E-state index in [1.807, 2.05) is 19.9 Å². The van der Waals surface area contributed by atoms with Crippen LogP contribution in [0.5, 0.6) is 0 Å². The van der Waals surface area contributed by atoms with Gasteiger partial charge < -0.3 is 4.42 Å². The molecule has 0 amide bonds. The van der Waals surface area contributed by atoms with Crippen molar-refractivity contribution >= 4 is 76.1 Å². The smallest absolute Gasteiger partial charge is 0.238 e. The second kappa shape index (κ2) is 15.2. The van der Waals surface area contributed by atoms with Crippen molar-refractivity contribution in [2.45, 2.75) is 13.8 Å². The maximum atomic E-state index is 6.62. The minimum Gasteiger partial charge on any atom is -0.456 e. The van der Waals surface area contributed by atoms with Gasteiger partial charge in [-0.15, -0.1) is 0 Å². The summed E-state index contributed by atoms with van der Waals surface area (Å²) >= 11 is 0. The number of hydrogen-bond donors (Lipinski definition) is 0. The number of nitrogens with zero attached hydrogens (tertiary/aromatic N) is 4. The normalized spacial score (nSPS) is 11.6. The Labute approximate surface area is 369 Å². The predicted molar refractivity (Wildman–Crippen MR) is 267 cm³/mol. The summed E-state index contributed by atoms with van der Waals surface area (Å²) in [5.74, 6) is 1.75. The van der Waals surface area contributed by atoms with Crippen molar-refractivity contribution in [3.63, 3.8) is 0 Å². The first-order valence-corrected chi connectivity index (χ1v) is 21.9. The van der Waals surface area contributed by atoms with Gasteiger partial charge in [-0.05, 0) is 85.4 Å². The van der Waals surface area contributed by atoms with Gasteiger partial charge in [0.05, 0.1) is 11.0 Å². The Morgan fingerprint density at radius 2 is 0.953 bits per heavy atom. The topological polar surface area (TPSA) is 56.7 Å². The van der Waals surface area contributed by atoms with E-state index in [0.717, 1.165) is 93.3 Å². The van der Waals surface area contributed by atoms with Gasteiger partial charge in [0.25, 0.3) is 0 Å². The van der Waals surface area contributed by atoms with Gasteiger partial charge in [0.15, 0.2) is 11.6 Å². The van der Waals surface area contributed by atoms with Crippen molar-refractivity contribution in [2.24, 2.45) is 0 Å². The van der Waals surface area contributed by atoms with Crippen LogP contribution in [0.2, 0.25) is 0 Å². The molecular weight excluding hydrogens is 781 g/mol. The summed E-state index contributed by atoms with van der Waals surface area (Å²) in [6, 6.07) is 72.8. The molecule has 13 aromatic rings. The van der Waals surface area contributed by atoms with Crippen molar-refractivity contribution in [1.82, 2.24) is 19.5 Å². The molecule has 3 heterocycles. The number of furan rings is 1. The molecule has 0 N–H and O–H groups in total. The van der Waals surface area contributed by atoms with Crippen LogP contribution in [0.15, 0.2) is 211 Å². The van der Waals surface area contributed by atoms with Crippen molar-refractivity contribution < 1.29 is 4.42 Å². The van der Waals surface area contributed by atoms with Crippen LogP contribution in [0.25, 0.3) is 127 Å². The van der Waals surface area contributed by atoms with Crippen LogP contribution in [0.3, 0.4) is 0 Å². The zero-order chi connectivity index (χ0) is 42.7. The average molecular weight is 821 g/mol. The van der Waals surface area contributed by atoms with Crippen LogP contribution in [0.4, 0.5) is 0 Å². The quantitative estimate of drug-likeness (QED) is 0.174. The lowest BCUT2D eigenvalue weighted by Gasteiger charge is -2.13. The van der Waals surface area contributed by atoms with Crippen LogP contribution in [-0.2, 0) is 0 Å². The molecule has 0 radical (unpaired) electrons. The first-order valence-electron chi connectivity index (χ1n) is 21.9. The first-order chi connectivity index (χ1) is 31.7. The second-order valence-corrected chi connectivity index (χ2v) is 16.0. The molecule has 5 heteroatoms. The SMILES string of the molecule is CC.c1ccc(-c2ccc(-c3nc(-c4ccc5ccccc5c4)nc(-n4c5cc6ccccc6cc5c5cccc(-c6ccc7c(c6)oc6ccc8ccccc8c67)c54)n3)cc2)cc1. The number of fused-ring (bicyclic) bond motifs is 10. The van der Waals surface area contributed by atoms with Gasteiger partial charge in [-0.25, -0.2) is 4.98 Å². The van der Waals surface area contributed by atoms with E-state index in [9.17, 15) is 0 Å². The van der Waals surface area contributed by atoms with Gasteiger partial charge >= 0.3 is 0 Å². The van der Waals surface area contributed by atoms with Crippen LogP contribution in [0, 0.1) is 0 Å². The molecule has 5 nitrogen and oxygen atoms in total. The van der Waals surface area contributed by atoms with Gasteiger partial charge in [-0.2, -0.15) is 9.97 Å². The molecule has 0 aliphatic rings. The molecule has 302 valence electrons. The standard InChI is InChI=1S/C57H34N4O.C2H6/c1-2-11-35(12-3-1)37-21-24-39(25-22-37)55-58-56(44-26-23-36-13-4-5-15-40(36)31-44)60-57(59-55)61-50-33-42-17-7-6-16-41(42)32-49(50)47-20-10-19-46(54(47)61)43-27-29-48-52(34-43)62-51-30-28-38-14-8-9-18-45(38)53(48)51;1-2/h1-34H;1-2H3. The van der Waals surface area contributed by atoms with Gasteiger partial charge in [-0.3, -0.25) is 4.57 Å². The molecule has 0 atom stereocenters. The maximum Gasteiger partial charge on any atom is 0.238 e. The third kappa shape index (κ3) is 6.12. The molecule has 13 rings (SSSR count). The van der Waals surface area contributed by atoms with Crippen molar-refractivity contribution in [2.75, 3.05) is 0 Å². The van der Waals surface area contributed by atoms with E-state index in [1.165, 1.54) is 16.2 Å². The minimum absolute atomic E-state index is 0.546. The first kappa shape index (κ1) is 37.4. The number of aromatic nitrogens is 4. The summed E-state index contributed by atoms with van der Waals surface area (Å²) in [5.41, 5.74) is 9.97. The van der Waals surface area contributed by atoms with Crippen molar-refractivity contribution in [3.8, 4) is 51.0 Å². The van der Waals surface area contributed by atoms with Gasteiger partial charge in [0.1, 0.15) is 11.2 Å². The molecule has 0 unspecified atom stereocenters. The summed E-state index contributed by atoms with van der Waals surface area (Å²) < 4.78 is 8.86. The maximum absolute atomic E-state index is 6.62. The molecule has 0 aliphatic carbocycles. The van der Waals surface area contributed by atoms with E-state index in [1.54, 1.807) is 0 Å². The third-order valence-corrected chi connectivity index (χ3v) is 12.4. The fraction of sp³-hybridized carbons (Fsp3) is 0.0339. The molecule has 10 aromatic carbocycles. The number of para-hydroxylation sites is 1. The Bertz CT molecular complexity index is 3920. The summed E-state index contributed by atoms with van der Waals surface area (Å²) in [7, 11) is 0. The molecule has 0 spiro atoms. The Hall–Kier alpha value is -8.41. The third-order valence-electron chi connectivity index (χ3n) is 12.4. The molecule has 0 saturated heterocycles. The van der Waals surface area contributed by atoms with Crippen LogP contribution >= 0.6 is 0 Å². The van der Waals surface area contributed by atoms with E-state index in [2.05, 4.69) is 205 Å². The molecular formula is C59H40N4O. The van der Waals surface area contributed by atoms with Gasteiger partial charge in [0, 0.05) is 38.2 Å². The van der Waals surface area contributed by atoms with Gasteiger partial charge in [-0.1, -0.05) is 184 Å². The van der Waals surface area contributed by atoms with E-state index in [0.29, 0.717) is 17.6 Å². The summed E-state index contributed by atoms with van der Waals surface area (Å²) in [6.45, 7) is 4.00. The van der Waals surface area contributed by atoms with Crippen LogP contribution < -0.4 is 0 Å². The van der Waals surface area contributed by atoms with Crippen LogP contribution in [0.1, 0.15) is 13.8 Å². The second-order valence-electron chi connectivity index (χ2n) is 16.0. The summed E-state index contributed by atoms with van der Waals surface area (Å²) in [6.07, 6.45) is 0. The van der Waals surface area contributed by atoms with Crippen molar-refractivity contribution in [3.05, 3.63) is 206 Å². The Balaban J connectivity index is 0.00000214. The highest BCUT2D eigenvalue weighted by Crippen LogP contribution is 2.42. The molecule has 0 aliphatic heterocycles. The monoisotopic (exact) mass is 820 g/mol. The highest BCUT2D eigenvalue weighted by atomic mass is 16.3. The average Bonchev–Trinajstić information content (AvgIpc) is 3.91. The molecule has 64 heavy (non-hydrogen) atoms. The highest BCUT2D eigenvalue weighted by molar-refractivity contribution is 6.20. The molecule has 3 aromatic heterocycles. The zero-order valence-corrected chi connectivity index (χ0v) is 35.3. The van der Waals surface area contributed by atoms with Crippen LogP contribution in [-0.4, -0.2) is 19.5 Å². The number of hydrogen-bond acceptors (Lipinski definition) is 4. The van der Waals surface area contributed by atoms with E-state index < -0.39 is 0 Å². The Kier molecular flexibility index (Phi) is 8.87. The Morgan fingerprint density at radius 3 is 1.75 bits per heavy atom. The summed E-state index contributed by atoms with van der Waals surface area (Å²) in [5, 5.41) is 11.5. The summed E-state index contributed by atoms with van der Waals surface area (Å²) in [4.78, 5) is 16.0. The largest absolute Gasteiger partial charge is 0.456 e. The molecule has 0 saturated carbocycles.